The van der Waals surface area contributed by atoms with Crippen LogP contribution in [0, 0.1) is 0 Å². The van der Waals surface area contributed by atoms with Crippen molar-refractivity contribution in [1.82, 2.24) is 10.2 Å². The molecule has 18 heavy (non-hydrogen) atoms. The molecule has 4 nitrogen and oxygen atoms in total. The van der Waals surface area contributed by atoms with Gasteiger partial charge in [-0.25, -0.2) is 0 Å². The first-order valence-electron chi connectivity index (χ1n) is 6.10. The van der Waals surface area contributed by atoms with E-state index in [9.17, 15) is 4.79 Å². The standard InChI is InChI=1S/C13H18BrN3O/c1-17-4-2-12(3-5-17)16-13(18)9-6-10(14)8-11(15)7-9/h6-8,12H,2-5,15H2,1H3,(H,16,18). The van der Waals surface area contributed by atoms with Gasteiger partial charge in [-0.05, 0) is 51.2 Å². The van der Waals surface area contributed by atoms with Gasteiger partial charge in [-0.15, -0.1) is 0 Å². The highest BCUT2D eigenvalue weighted by Gasteiger charge is 2.19. The van der Waals surface area contributed by atoms with Crippen LogP contribution in [0.4, 0.5) is 5.69 Å². The quantitative estimate of drug-likeness (QED) is 0.820. The number of nitrogens with zero attached hydrogens (tertiary/aromatic N) is 1. The van der Waals surface area contributed by atoms with Crippen molar-refractivity contribution in [1.29, 1.82) is 0 Å². The molecule has 1 fully saturated rings. The Balaban J connectivity index is 1.99. The van der Waals surface area contributed by atoms with Crippen molar-refractivity contribution >= 4 is 27.5 Å². The summed E-state index contributed by atoms with van der Waals surface area (Å²) in [5, 5.41) is 3.07. The number of hydrogen-bond acceptors (Lipinski definition) is 3. The topological polar surface area (TPSA) is 58.4 Å². The van der Waals surface area contributed by atoms with Crippen molar-refractivity contribution in [2.24, 2.45) is 0 Å². The molecule has 98 valence electrons. The molecule has 0 spiro atoms. The number of benzene rings is 1. The Morgan fingerprint density at radius 2 is 2.06 bits per heavy atom. The van der Waals surface area contributed by atoms with E-state index in [0.717, 1.165) is 30.4 Å². The molecule has 1 aromatic carbocycles. The van der Waals surface area contributed by atoms with Gasteiger partial charge >= 0.3 is 0 Å². The predicted octanol–water partition coefficient (Wildman–Crippen LogP) is 1.86. The maximum absolute atomic E-state index is 12.1. The van der Waals surface area contributed by atoms with E-state index in [1.54, 1.807) is 18.2 Å². The minimum Gasteiger partial charge on any atom is -0.399 e. The van der Waals surface area contributed by atoms with E-state index in [0.29, 0.717) is 11.3 Å². The van der Waals surface area contributed by atoms with Crippen LogP contribution >= 0.6 is 15.9 Å². The molecule has 1 heterocycles. The number of hydrogen-bond donors (Lipinski definition) is 2. The van der Waals surface area contributed by atoms with Gasteiger partial charge < -0.3 is 16.0 Å². The summed E-state index contributed by atoms with van der Waals surface area (Å²) in [6, 6.07) is 5.55. The molecule has 1 aromatic rings. The van der Waals surface area contributed by atoms with Crippen LogP contribution in [-0.4, -0.2) is 37.0 Å². The maximum Gasteiger partial charge on any atom is 0.251 e. The highest BCUT2D eigenvalue weighted by molar-refractivity contribution is 9.10. The van der Waals surface area contributed by atoms with Crippen LogP contribution in [0.1, 0.15) is 23.2 Å². The van der Waals surface area contributed by atoms with Crippen LogP contribution in [0.25, 0.3) is 0 Å². The van der Waals surface area contributed by atoms with E-state index >= 15 is 0 Å². The van der Waals surface area contributed by atoms with E-state index in [1.807, 2.05) is 0 Å². The number of amides is 1. The Kier molecular flexibility index (Phi) is 4.24. The second-order valence-electron chi connectivity index (χ2n) is 4.82. The van der Waals surface area contributed by atoms with Gasteiger partial charge in [-0.2, -0.15) is 0 Å². The molecule has 1 amide bonds. The highest BCUT2D eigenvalue weighted by atomic mass is 79.9. The van der Waals surface area contributed by atoms with Crippen LogP contribution in [0.5, 0.6) is 0 Å². The summed E-state index contributed by atoms with van der Waals surface area (Å²) in [4.78, 5) is 14.4. The Morgan fingerprint density at radius 3 is 2.67 bits per heavy atom. The van der Waals surface area contributed by atoms with E-state index in [1.165, 1.54) is 0 Å². The molecule has 1 aliphatic rings. The average molecular weight is 312 g/mol. The van der Waals surface area contributed by atoms with Crippen LogP contribution in [-0.2, 0) is 0 Å². The number of piperidine rings is 1. The molecule has 0 radical (unpaired) electrons. The molecule has 5 heteroatoms. The van der Waals surface area contributed by atoms with Crippen LogP contribution < -0.4 is 11.1 Å². The molecule has 0 atom stereocenters. The van der Waals surface area contributed by atoms with E-state index in [4.69, 9.17) is 5.73 Å². The number of carbonyl (C=O) groups is 1. The maximum atomic E-state index is 12.1. The van der Waals surface area contributed by atoms with Gasteiger partial charge in [-0.3, -0.25) is 4.79 Å². The van der Waals surface area contributed by atoms with Gasteiger partial charge in [0, 0.05) is 21.8 Å². The normalized spacial score (nSPS) is 17.7. The zero-order valence-electron chi connectivity index (χ0n) is 10.4. The van der Waals surface area contributed by atoms with Crippen molar-refractivity contribution in [2.45, 2.75) is 18.9 Å². The molecular formula is C13H18BrN3O. The minimum absolute atomic E-state index is 0.0439. The summed E-state index contributed by atoms with van der Waals surface area (Å²) in [5.41, 5.74) is 6.94. The average Bonchev–Trinajstić information content (AvgIpc) is 2.31. The molecule has 1 aliphatic heterocycles. The first-order valence-corrected chi connectivity index (χ1v) is 6.89. The predicted molar refractivity (Wildman–Crippen MR) is 76.5 cm³/mol. The van der Waals surface area contributed by atoms with Gasteiger partial charge in [0.2, 0.25) is 0 Å². The zero-order chi connectivity index (χ0) is 13.1. The Bertz CT molecular complexity index is 422. The van der Waals surface area contributed by atoms with E-state index in [-0.39, 0.29) is 11.9 Å². The number of anilines is 1. The second-order valence-corrected chi connectivity index (χ2v) is 5.74. The Labute approximate surface area is 116 Å². The fourth-order valence-electron chi connectivity index (χ4n) is 2.17. The molecule has 3 N–H and O–H groups in total. The molecule has 1 saturated heterocycles. The molecule has 0 saturated carbocycles. The number of halogens is 1. The lowest BCUT2D eigenvalue weighted by Gasteiger charge is -2.29. The third kappa shape index (κ3) is 3.46. The van der Waals surface area contributed by atoms with Crippen molar-refractivity contribution in [2.75, 3.05) is 25.9 Å². The summed E-state index contributed by atoms with van der Waals surface area (Å²) in [6.45, 7) is 2.07. The fourth-order valence-corrected chi connectivity index (χ4v) is 2.68. The molecule has 0 unspecified atom stereocenters. The van der Waals surface area contributed by atoms with Gasteiger partial charge in [-0.1, -0.05) is 15.9 Å². The largest absolute Gasteiger partial charge is 0.399 e. The third-order valence-corrected chi connectivity index (χ3v) is 3.69. The summed E-state index contributed by atoms with van der Waals surface area (Å²) >= 11 is 3.35. The van der Waals surface area contributed by atoms with Crippen molar-refractivity contribution in [3.05, 3.63) is 28.2 Å². The number of carbonyl (C=O) groups excluding carboxylic acids is 1. The molecule has 0 bridgehead atoms. The number of likely N-dealkylation sites (tertiary alicyclic amines) is 1. The molecular weight excluding hydrogens is 294 g/mol. The number of nitrogens with one attached hydrogen (secondary N) is 1. The van der Waals surface area contributed by atoms with Gasteiger partial charge in [0.15, 0.2) is 0 Å². The highest BCUT2D eigenvalue weighted by Crippen LogP contribution is 2.18. The summed E-state index contributed by atoms with van der Waals surface area (Å²) < 4.78 is 0.830. The molecule has 0 aromatic heterocycles. The minimum atomic E-state index is -0.0439. The number of nitrogens with two attached hydrogens (primary N) is 1. The number of nitrogen functional groups attached to an aromatic ring is 1. The first kappa shape index (κ1) is 13.4. The first-order chi connectivity index (χ1) is 8.54. The van der Waals surface area contributed by atoms with Crippen LogP contribution in [0.3, 0.4) is 0 Å². The van der Waals surface area contributed by atoms with Gasteiger partial charge in [0.1, 0.15) is 0 Å². The monoisotopic (exact) mass is 311 g/mol. The van der Waals surface area contributed by atoms with Gasteiger partial charge in [0.05, 0.1) is 0 Å². The lowest BCUT2D eigenvalue weighted by atomic mass is 10.0. The Morgan fingerprint density at radius 1 is 1.39 bits per heavy atom. The summed E-state index contributed by atoms with van der Waals surface area (Å²) in [6.07, 6.45) is 2.01. The second kappa shape index (κ2) is 5.71. The number of rotatable bonds is 2. The lowest BCUT2D eigenvalue weighted by Crippen LogP contribution is -2.43. The van der Waals surface area contributed by atoms with Gasteiger partial charge in [0.25, 0.3) is 5.91 Å². The van der Waals surface area contributed by atoms with Crippen molar-refractivity contribution < 1.29 is 4.79 Å². The molecule has 0 aliphatic carbocycles. The Hall–Kier alpha value is -1.07. The lowest BCUT2D eigenvalue weighted by molar-refractivity contribution is 0.0917. The van der Waals surface area contributed by atoms with E-state index in [2.05, 4.69) is 33.2 Å². The summed E-state index contributed by atoms with van der Waals surface area (Å²) in [5.74, 6) is -0.0439. The summed E-state index contributed by atoms with van der Waals surface area (Å²) in [7, 11) is 2.10. The SMILES string of the molecule is CN1CCC(NC(=O)c2cc(N)cc(Br)c2)CC1. The fraction of sp³-hybridized carbons (Fsp3) is 0.462. The molecule has 2 rings (SSSR count). The zero-order valence-corrected chi connectivity index (χ0v) is 12.0. The third-order valence-electron chi connectivity index (χ3n) is 3.24. The smallest absolute Gasteiger partial charge is 0.251 e. The van der Waals surface area contributed by atoms with Crippen molar-refractivity contribution in [3.63, 3.8) is 0 Å². The van der Waals surface area contributed by atoms with Crippen LogP contribution in [0.2, 0.25) is 0 Å². The van der Waals surface area contributed by atoms with Crippen molar-refractivity contribution in [3.8, 4) is 0 Å². The van der Waals surface area contributed by atoms with Crippen LogP contribution in [0.15, 0.2) is 22.7 Å². The van der Waals surface area contributed by atoms with E-state index < -0.39 is 0 Å².